The minimum atomic E-state index is -0.807. The second-order valence-electron chi connectivity index (χ2n) is 9.16. The molecule has 10 heteroatoms. The molecule has 1 fully saturated rings. The van der Waals surface area contributed by atoms with E-state index in [1.807, 2.05) is 18.2 Å². The van der Waals surface area contributed by atoms with Gasteiger partial charge in [0.15, 0.2) is 17.4 Å². The Kier molecular flexibility index (Phi) is 6.51. The highest BCUT2D eigenvalue weighted by Gasteiger charge is 2.25. The highest BCUT2D eigenvalue weighted by atomic mass is 19.1. The molecule has 1 aliphatic heterocycles. The Labute approximate surface area is 207 Å². The summed E-state index contributed by atoms with van der Waals surface area (Å²) in [6.45, 7) is 0.0837. The first-order chi connectivity index (χ1) is 17.4. The van der Waals surface area contributed by atoms with Crippen LogP contribution >= 0.6 is 0 Å². The smallest absolute Gasteiger partial charge is 0.252 e. The Hall–Kier alpha value is -4.05. The number of rotatable bonds is 6. The predicted molar refractivity (Wildman–Crippen MR) is 134 cm³/mol. The number of nitrogens with two attached hydrogens (primary N) is 2. The number of fused-ring (bicyclic) bond motifs is 1. The van der Waals surface area contributed by atoms with E-state index in [0.717, 1.165) is 42.9 Å². The van der Waals surface area contributed by atoms with Crippen LogP contribution in [0.15, 0.2) is 42.6 Å². The van der Waals surface area contributed by atoms with Crippen molar-refractivity contribution in [3.05, 3.63) is 59.5 Å². The molecule has 3 aromatic rings. The van der Waals surface area contributed by atoms with Crippen LogP contribution in [0, 0.1) is 5.82 Å². The lowest BCUT2D eigenvalue weighted by Crippen LogP contribution is -2.43. The molecule has 1 aromatic carbocycles. The molecule has 0 bridgehead atoms. The largest absolute Gasteiger partial charge is 0.486 e. The van der Waals surface area contributed by atoms with E-state index in [9.17, 15) is 14.0 Å². The summed E-state index contributed by atoms with van der Waals surface area (Å²) in [4.78, 5) is 32.6. The third kappa shape index (κ3) is 4.99. The molecule has 1 saturated carbocycles. The van der Waals surface area contributed by atoms with Crippen LogP contribution in [0.4, 0.5) is 21.7 Å². The molecule has 1 amide bonds. The zero-order valence-electron chi connectivity index (χ0n) is 19.6. The summed E-state index contributed by atoms with van der Waals surface area (Å²) in [5, 5.41) is 6.19. The number of nitrogens with zero attached hydrogens (tertiary/aromatic N) is 2. The number of nitrogens with one attached hydrogen (secondary N) is 2. The van der Waals surface area contributed by atoms with Crippen molar-refractivity contribution in [2.75, 3.05) is 17.2 Å². The fourth-order valence-electron chi connectivity index (χ4n) is 4.63. The molecule has 1 aliphatic carbocycles. The van der Waals surface area contributed by atoms with Gasteiger partial charge in [0.2, 0.25) is 0 Å². The van der Waals surface area contributed by atoms with Crippen LogP contribution in [0.5, 0.6) is 5.75 Å². The lowest BCUT2D eigenvalue weighted by atomic mass is 9.91. The average molecular weight is 491 g/mol. The SMILES string of the molecule is NC(=O)c1cc(F)c(NC2CCCC[C@@H]2N)nc1Nc1ccnc(-c2ccc3c(c2)CC(=O)CO3)c1. The van der Waals surface area contributed by atoms with Gasteiger partial charge in [0, 0.05) is 41.5 Å². The number of amides is 1. The van der Waals surface area contributed by atoms with Crippen LogP contribution < -0.4 is 26.8 Å². The molecule has 0 radical (unpaired) electrons. The Morgan fingerprint density at radius 3 is 2.75 bits per heavy atom. The summed E-state index contributed by atoms with van der Waals surface area (Å²) < 4.78 is 20.3. The zero-order valence-corrected chi connectivity index (χ0v) is 19.6. The minimum absolute atomic E-state index is 0.0125. The highest BCUT2D eigenvalue weighted by molar-refractivity contribution is 5.98. The standard InChI is InChI=1S/C26H27FN6O3/c27-19-12-18(24(29)35)25(33-26(19)32-21-4-2-1-3-20(21)28)31-16-7-8-30-22(11-16)14-5-6-23-15(9-14)10-17(34)13-36-23/h5-9,11-12,20-21H,1-4,10,13,28H2,(H2,29,35)(H2,30,31,32,33)/t20-,21?/m0/s1. The number of benzene rings is 1. The number of aromatic nitrogens is 2. The Morgan fingerprint density at radius 2 is 1.94 bits per heavy atom. The number of hydrogen-bond donors (Lipinski definition) is 4. The van der Waals surface area contributed by atoms with E-state index >= 15 is 0 Å². The first-order valence-electron chi connectivity index (χ1n) is 11.9. The van der Waals surface area contributed by atoms with Crippen LogP contribution in [0.1, 0.15) is 41.6 Å². The molecule has 6 N–H and O–H groups in total. The number of hydrogen-bond acceptors (Lipinski definition) is 8. The summed E-state index contributed by atoms with van der Waals surface area (Å²) in [7, 11) is 0. The van der Waals surface area contributed by atoms with E-state index < -0.39 is 11.7 Å². The summed E-state index contributed by atoms with van der Waals surface area (Å²) in [6, 6.07) is 9.89. The van der Waals surface area contributed by atoms with Gasteiger partial charge in [0.05, 0.1) is 11.3 Å². The lowest BCUT2D eigenvalue weighted by molar-refractivity contribution is -0.121. The van der Waals surface area contributed by atoms with Crippen molar-refractivity contribution in [2.45, 2.75) is 44.2 Å². The van der Waals surface area contributed by atoms with E-state index in [2.05, 4.69) is 20.6 Å². The number of ether oxygens (including phenoxy) is 1. The third-order valence-corrected chi connectivity index (χ3v) is 6.54. The number of halogens is 1. The monoisotopic (exact) mass is 490 g/mol. The van der Waals surface area contributed by atoms with Gasteiger partial charge < -0.3 is 26.8 Å². The van der Waals surface area contributed by atoms with Gasteiger partial charge in [-0.2, -0.15) is 0 Å². The van der Waals surface area contributed by atoms with Crippen LogP contribution in [0.2, 0.25) is 0 Å². The predicted octanol–water partition coefficient (Wildman–Crippen LogP) is 3.31. The fraction of sp³-hybridized carbons (Fsp3) is 0.308. The van der Waals surface area contributed by atoms with Crippen LogP contribution in [0.25, 0.3) is 11.3 Å². The average Bonchev–Trinajstić information content (AvgIpc) is 2.86. The number of primary amides is 1. The molecule has 0 saturated heterocycles. The van der Waals surface area contributed by atoms with Gasteiger partial charge in [-0.05, 0) is 49.2 Å². The molecule has 0 spiro atoms. The molecule has 2 atom stereocenters. The van der Waals surface area contributed by atoms with Gasteiger partial charge in [-0.1, -0.05) is 12.8 Å². The molecule has 1 unspecified atom stereocenters. The Balaban J connectivity index is 1.43. The maximum atomic E-state index is 14.8. The first kappa shape index (κ1) is 23.7. The van der Waals surface area contributed by atoms with Gasteiger partial charge in [-0.3, -0.25) is 14.6 Å². The van der Waals surface area contributed by atoms with Crippen molar-refractivity contribution >= 4 is 29.0 Å². The number of pyridine rings is 2. The fourth-order valence-corrected chi connectivity index (χ4v) is 4.63. The third-order valence-electron chi connectivity index (χ3n) is 6.54. The van der Waals surface area contributed by atoms with E-state index in [-0.39, 0.29) is 41.7 Å². The van der Waals surface area contributed by atoms with E-state index in [1.54, 1.807) is 18.3 Å². The molecule has 186 valence electrons. The number of carbonyl (C=O) groups excluding carboxylic acids is 2. The Morgan fingerprint density at radius 1 is 1.11 bits per heavy atom. The Bertz CT molecular complexity index is 1330. The number of anilines is 3. The topological polar surface area (TPSA) is 145 Å². The number of carbonyl (C=O) groups is 2. The second-order valence-corrected chi connectivity index (χ2v) is 9.16. The van der Waals surface area contributed by atoms with Crippen molar-refractivity contribution in [2.24, 2.45) is 11.5 Å². The molecule has 36 heavy (non-hydrogen) atoms. The highest BCUT2D eigenvalue weighted by Crippen LogP contribution is 2.31. The minimum Gasteiger partial charge on any atom is -0.486 e. The first-order valence-corrected chi connectivity index (χ1v) is 11.9. The maximum absolute atomic E-state index is 14.8. The molecular formula is C26H27FN6O3. The van der Waals surface area contributed by atoms with Gasteiger partial charge in [-0.15, -0.1) is 0 Å². The molecule has 2 aromatic heterocycles. The molecule has 2 aliphatic rings. The summed E-state index contributed by atoms with van der Waals surface area (Å²) >= 11 is 0. The van der Waals surface area contributed by atoms with Crippen molar-refractivity contribution in [3.63, 3.8) is 0 Å². The normalized spacial score (nSPS) is 19.2. The second kappa shape index (κ2) is 9.90. The lowest BCUT2D eigenvalue weighted by Gasteiger charge is -2.30. The van der Waals surface area contributed by atoms with Crippen molar-refractivity contribution in [3.8, 4) is 17.0 Å². The maximum Gasteiger partial charge on any atom is 0.252 e. The van der Waals surface area contributed by atoms with E-state index in [4.69, 9.17) is 16.2 Å². The van der Waals surface area contributed by atoms with Crippen molar-refractivity contribution < 1.29 is 18.7 Å². The molecular weight excluding hydrogens is 463 g/mol. The van der Waals surface area contributed by atoms with Crippen LogP contribution in [-0.4, -0.2) is 40.3 Å². The van der Waals surface area contributed by atoms with Crippen molar-refractivity contribution in [1.82, 2.24) is 9.97 Å². The summed E-state index contributed by atoms with van der Waals surface area (Å²) in [6.07, 6.45) is 5.62. The number of Topliss-reactive ketones (excluding diaryl/α,β-unsaturated/α-hetero) is 1. The summed E-state index contributed by atoms with van der Waals surface area (Å²) in [5.74, 6) is -0.641. The molecule has 5 rings (SSSR count). The summed E-state index contributed by atoms with van der Waals surface area (Å²) in [5.41, 5.74) is 14.5. The van der Waals surface area contributed by atoms with Crippen molar-refractivity contribution in [1.29, 1.82) is 0 Å². The van der Waals surface area contributed by atoms with Gasteiger partial charge in [0.25, 0.3) is 5.91 Å². The van der Waals surface area contributed by atoms with Crippen LogP contribution in [0.3, 0.4) is 0 Å². The van der Waals surface area contributed by atoms with Crippen LogP contribution in [-0.2, 0) is 11.2 Å². The molecule has 3 heterocycles. The van der Waals surface area contributed by atoms with Gasteiger partial charge in [-0.25, -0.2) is 9.37 Å². The van der Waals surface area contributed by atoms with E-state index in [1.165, 1.54) is 0 Å². The quantitative estimate of drug-likeness (QED) is 0.412. The van der Waals surface area contributed by atoms with E-state index in [0.29, 0.717) is 23.6 Å². The zero-order chi connectivity index (χ0) is 25.2. The molecule has 9 nitrogen and oxygen atoms in total. The van der Waals surface area contributed by atoms with Gasteiger partial charge >= 0.3 is 0 Å². The number of ketones is 1. The van der Waals surface area contributed by atoms with Gasteiger partial charge in [0.1, 0.15) is 18.2 Å².